The average Bonchev–Trinajstić information content (AvgIpc) is 2.67. The zero-order valence-electron chi connectivity index (χ0n) is 14.4. The standard InChI is InChI=1S/C22H21NO2S/c1-18-7-11-21(12-8-18)26(24,25)22-13-9-20(10-14-22)17-23-16-15-19-5-3-2-4-6-19/h1-14,23H,15-17H2. The molecule has 3 aromatic carbocycles. The van der Waals surface area contributed by atoms with Crippen molar-refractivity contribution in [3.8, 4) is 0 Å². The van der Waals surface area contributed by atoms with Crippen LogP contribution in [0.2, 0.25) is 0 Å². The van der Waals surface area contributed by atoms with Gasteiger partial charge in [0.05, 0.1) is 9.79 Å². The summed E-state index contributed by atoms with van der Waals surface area (Å²) < 4.78 is 25.2. The van der Waals surface area contributed by atoms with Crippen molar-refractivity contribution in [2.24, 2.45) is 0 Å². The molecule has 0 amide bonds. The van der Waals surface area contributed by atoms with E-state index >= 15 is 0 Å². The van der Waals surface area contributed by atoms with Gasteiger partial charge in [-0.1, -0.05) is 54.6 Å². The quantitative estimate of drug-likeness (QED) is 0.648. The van der Waals surface area contributed by atoms with Crippen LogP contribution < -0.4 is 5.32 Å². The van der Waals surface area contributed by atoms with Crippen LogP contribution in [0.15, 0.2) is 88.7 Å². The summed E-state index contributed by atoms with van der Waals surface area (Å²) in [5.74, 6) is 0. The lowest BCUT2D eigenvalue weighted by molar-refractivity contribution is 0.596. The number of hydrogen-bond acceptors (Lipinski definition) is 3. The highest BCUT2D eigenvalue weighted by Gasteiger charge is 2.16. The van der Waals surface area contributed by atoms with Gasteiger partial charge in [-0.15, -0.1) is 0 Å². The van der Waals surface area contributed by atoms with Crippen LogP contribution in [0.25, 0.3) is 0 Å². The van der Waals surface area contributed by atoms with E-state index in [0.717, 1.165) is 18.5 Å². The summed E-state index contributed by atoms with van der Waals surface area (Å²) in [4.78, 5) is 0.538. The van der Waals surface area contributed by atoms with Crippen LogP contribution in [-0.4, -0.2) is 15.0 Å². The molecule has 0 saturated heterocycles. The zero-order chi connectivity index (χ0) is 18.4. The van der Waals surface area contributed by atoms with E-state index in [1.807, 2.05) is 30.3 Å². The van der Waals surface area contributed by atoms with Gasteiger partial charge in [0.25, 0.3) is 0 Å². The molecule has 3 aromatic rings. The van der Waals surface area contributed by atoms with Crippen LogP contribution in [0.3, 0.4) is 0 Å². The molecule has 26 heavy (non-hydrogen) atoms. The third kappa shape index (κ3) is 4.59. The predicted molar refractivity (Wildman–Crippen MR) is 104 cm³/mol. The maximum absolute atomic E-state index is 12.6. The first-order chi connectivity index (χ1) is 12.6. The molecule has 3 nitrogen and oxygen atoms in total. The monoisotopic (exact) mass is 363 g/mol. The Hall–Kier alpha value is -2.43. The van der Waals surface area contributed by atoms with Gasteiger partial charge in [-0.2, -0.15) is 0 Å². The molecule has 0 spiro atoms. The Balaban J connectivity index is 1.58. The summed E-state index contributed by atoms with van der Waals surface area (Å²) in [5.41, 5.74) is 2.89. The van der Waals surface area contributed by atoms with E-state index in [0.29, 0.717) is 12.1 Å². The highest BCUT2D eigenvalue weighted by molar-refractivity contribution is 7.91. The van der Waals surface area contributed by atoms with Crippen LogP contribution in [-0.2, 0) is 22.8 Å². The Morgan fingerprint density at radius 2 is 1.31 bits per heavy atom. The largest absolute Gasteiger partial charge is 0.312 e. The highest BCUT2D eigenvalue weighted by Crippen LogP contribution is 2.21. The minimum Gasteiger partial charge on any atom is -0.312 e. The fourth-order valence-corrected chi connectivity index (χ4v) is 3.94. The fraction of sp³-hybridized carbons (Fsp3) is 0.136. The molecule has 0 saturated carbocycles. The number of rotatable bonds is 7. The molecule has 0 aliphatic carbocycles. The maximum Gasteiger partial charge on any atom is 0.206 e. The normalized spacial score (nSPS) is 11.4. The van der Waals surface area contributed by atoms with Crippen molar-refractivity contribution in [3.05, 3.63) is 102 Å². The molecule has 0 fully saturated rings. The van der Waals surface area contributed by atoms with E-state index in [4.69, 9.17) is 6.92 Å². The molecule has 0 aliphatic rings. The van der Waals surface area contributed by atoms with Crippen molar-refractivity contribution in [3.63, 3.8) is 0 Å². The van der Waals surface area contributed by atoms with Crippen molar-refractivity contribution in [1.82, 2.24) is 5.32 Å². The smallest absolute Gasteiger partial charge is 0.206 e. The van der Waals surface area contributed by atoms with Crippen LogP contribution in [0.5, 0.6) is 0 Å². The van der Waals surface area contributed by atoms with E-state index in [2.05, 4.69) is 17.4 Å². The topological polar surface area (TPSA) is 46.2 Å². The summed E-state index contributed by atoms with van der Waals surface area (Å²) >= 11 is 0. The van der Waals surface area contributed by atoms with Crippen molar-refractivity contribution in [2.45, 2.75) is 22.8 Å². The second-order valence-corrected chi connectivity index (χ2v) is 8.08. The van der Waals surface area contributed by atoms with Crippen molar-refractivity contribution in [2.75, 3.05) is 6.54 Å². The Bertz CT molecular complexity index is 932. The summed E-state index contributed by atoms with van der Waals surface area (Å²) in [6.07, 6.45) is 0.963. The van der Waals surface area contributed by atoms with E-state index in [1.165, 1.54) is 17.7 Å². The first-order valence-electron chi connectivity index (χ1n) is 8.50. The molecular weight excluding hydrogens is 342 g/mol. The minimum absolute atomic E-state index is 0.250. The number of hydrogen-bond donors (Lipinski definition) is 1. The van der Waals surface area contributed by atoms with Gasteiger partial charge in [0, 0.05) is 6.54 Å². The molecule has 2 radical (unpaired) electrons. The third-order valence-corrected chi connectivity index (χ3v) is 5.97. The Morgan fingerprint density at radius 1 is 0.731 bits per heavy atom. The van der Waals surface area contributed by atoms with E-state index in [9.17, 15) is 8.42 Å². The number of benzene rings is 3. The molecule has 0 atom stereocenters. The molecular formula is C22H21NO2S. The Labute approximate surface area is 155 Å². The lowest BCUT2D eigenvalue weighted by atomic mass is 10.1. The van der Waals surface area contributed by atoms with Gasteiger partial charge >= 0.3 is 0 Å². The van der Waals surface area contributed by atoms with Gasteiger partial charge in [0.1, 0.15) is 0 Å². The van der Waals surface area contributed by atoms with E-state index in [-0.39, 0.29) is 9.79 Å². The summed E-state index contributed by atoms with van der Waals surface area (Å²) in [7, 11) is -3.51. The number of sulfone groups is 1. The molecule has 0 aliphatic heterocycles. The predicted octanol–water partition coefficient (Wildman–Crippen LogP) is 3.91. The summed E-state index contributed by atoms with van der Waals surface area (Å²) in [5, 5.41) is 3.38. The summed E-state index contributed by atoms with van der Waals surface area (Å²) in [6, 6.07) is 23.6. The van der Waals surface area contributed by atoms with Gasteiger partial charge < -0.3 is 5.32 Å². The molecule has 0 unspecified atom stereocenters. The van der Waals surface area contributed by atoms with Crippen LogP contribution in [0.4, 0.5) is 0 Å². The Morgan fingerprint density at radius 3 is 1.92 bits per heavy atom. The molecule has 132 valence electrons. The van der Waals surface area contributed by atoms with Gasteiger partial charge in [-0.3, -0.25) is 0 Å². The van der Waals surface area contributed by atoms with Crippen molar-refractivity contribution < 1.29 is 8.42 Å². The zero-order valence-corrected chi connectivity index (χ0v) is 15.2. The van der Waals surface area contributed by atoms with Gasteiger partial charge in [0.15, 0.2) is 0 Å². The van der Waals surface area contributed by atoms with E-state index < -0.39 is 9.84 Å². The fourth-order valence-electron chi connectivity index (χ4n) is 2.68. The van der Waals surface area contributed by atoms with E-state index in [1.54, 1.807) is 24.3 Å². The second kappa shape index (κ2) is 8.30. The van der Waals surface area contributed by atoms with Crippen molar-refractivity contribution >= 4 is 9.84 Å². The van der Waals surface area contributed by atoms with Gasteiger partial charge in [0.2, 0.25) is 9.84 Å². The molecule has 0 aromatic heterocycles. The van der Waals surface area contributed by atoms with Gasteiger partial charge in [-0.05, 0) is 60.8 Å². The first-order valence-corrected chi connectivity index (χ1v) is 9.98. The minimum atomic E-state index is -3.51. The molecule has 1 N–H and O–H groups in total. The molecule has 4 heteroatoms. The number of nitrogens with one attached hydrogen (secondary N) is 1. The molecule has 3 rings (SSSR count). The van der Waals surface area contributed by atoms with Gasteiger partial charge in [-0.25, -0.2) is 8.42 Å². The average molecular weight is 363 g/mol. The van der Waals surface area contributed by atoms with Crippen LogP contribution in [0.1, 0.15) is 16.7 Å². The highest BCUT2D eigenvalue weighted by atomic mass is 32.2. The molecule has 0 bridgehead atoms. The lowest BCUT2D eigenvalue weighted by Gasteiger charge is -2.08. The van der Waals surface area contributed by atoms with Crippen molar-refractivity contribution in [1.29, 1.82) is 0 Å². The lowest BCUT2D eigenvalue weighted by Crippen LogP contribution is -2.16. The SMILES string of the molecule is [CH]c1ccc(S(=O)(=O)c2ccc(CNCCc3ccccc3)cc2)cc1. The first kappa shape index (κ1) is 18.4. The maximum atomic E-state index is 12.6. The second-order valence-electron chi connectivity index (χ2n) is 6.13. The van der Waals surface area contributed by atoms with Crippen LogP contribution in [0, 0.1) is 6.92 Å². The van der Waals surface area contributed by atoms with Crippen LogP contribution >= 0.6 is 0 Å². The Kier molecular flexibility index (Phi) is 5.86. The third-order valence-electron chi connectivity index (χ3n) is 4.19. The summed E-state index contributed by atoms with van der Waals surface area (Å²) in [6.45, 7) is 7.20. The molecule has 0 heterocycles.